The number of amidine groups is 1. The minimum atomic E-state index is 0.152. The molecule has 0 amide bonds. The van der Waals surface area contributed by atoms with Gasteiger partial charge in [-0.1, -0.05) is 6.92 Å². The molecule has 0 bridgehead atoms. The Kier molecular flexibility index (Phi) is 3.17. The summed E-state index contributed by atoms with van der Waals surface area (Å²) in [5.74, 6) is 1.11. The van der Waals surface area contributed by atoms with E-state index in [-0.39, 0.29) is 5.84 Å². The molecule has 19 heavy (non-hydrogen) atoms. The molecule has 4 nitrogen and oxygen atoms in total. The maximum Gasteiger partial charge on any atom is 0.140 e. The predicted octanol–water partition coefficient (Wildman–Crippen LogP) is 2.23. The van der Waals surface area contributed by atoms with Crippen LogP contribution in [-0.2, 0) is 12.8 Å². The van der Waals surface area contributed by atoms with Gasteiger partial charge in [0.2, 0.25) is 0 Å². The summed E-state index contributed by atoms with van der Waals surface area (Å²) >= 11 is 0. The summed E-state index contributed by atoms with van der Waals surface area (Å²) in [6.45, 7) is 3.20. The largest absolute Gasteiger partial charge is 0.384 e. The second kappa shape index (κ2) is 4.83. The number of rotatable bonds is 5. The molecule has 1 aromatic rings. The lowest BCUT2D eigenvalue weighted by Crippen LogP contribution is -2.30. The molecular weight excluding hydrogens is 236 g/mol. The molecule has 0 spiro atoms. The highest BCUT2D eigenvalue weighted by molar-refractivity contribution is 6.00. The van der Waals surface area contributed by atoms with E-state index in [1.54, 1.807) is 0 Å². The molecule has 1 heterocycles. The SMILES string of the molecule is CCCN(c1nc2c(cc1C(=N)N)CCC2)C1CC1. The van der Waals surface area contributed by atoms with Gasteiger partial charge in [0.05, 0.1) is 5.56 Å². The first kappa shape index (κ1) is 12.5. The molecule has 0 atom stereocenters. The fourth-order valence-corrected chi connectivity index (χ4v) is 2.97. The number of nitrogens with zero attached hydrogens (tertiary/aromatic N) is 2. The van der Waals surface area contributed by atoms with Gasteiger partial charge in [0.25, 0.3) is 0 Å². The van der Waals surface area contributed by atoms with Gasteiger partial charge in [-0.3, -0.25) is 5.41 Å². The number of aryl methyl sites for hydroxylation is 2. The van der Waals surface area contributed by atoms with E-state index in [1.165, 1.54) is 30.5 Å². The van der Waals surface area contributed by atoms with Crippen molar-refractivity contribution in [2.45, 2.75) is 51.5 Å². The zero-order valence-corrected chi connectivity index (χ0v) is 11.6. The van der Waals surface area contributed by atoms with Gasteiger partial charge in [-0.15, -0.1) is 0 Å². The van der Waals surface area contributed by atoms with Crippen LogP contribution in [-0.4, -0.2) is 23.4 Å². The lowest BCUT2D eigenvalue weighted by molar-refractivity contribution is 0.746. The Bertz CT molecular complexity index is 505. The molecule has 0 radical (unpaired) electrons. The number of fused-ring (bicyclic) bond motifs is 1. The average Bonchev–Trinajstić information content (AvgIpc) is 3.12. The molecule has 2 aliphatic carbocycles. The molecule has 3 rings (SSSR count). The molecule has 3 N–H and O–H groups in total. The van der Waals surface area contributed by atoms with Gasteiger partial charge in [-0.2, -0.15) is 0 Å². The van der Waals surface area contributed by atoms with Gasteiger partial charge in [0.1, 0.15) is 11.7 Å². The second-order valence-corrected chi connectivity index (χ2v) is 5.66. The molecule has 0 unspecified atom stereocenters. The van der Waals surface area contributed by atoms with Crippen LogP contribution in [0.15, 0.2) is 6.07 Å². The molecule has 0 saturated heterocycles. The van der Waals surface area contributed by atoms with E-state index in [0.29, 0.717) is 6.04 Å². The molecule has 1 saturated carbocycles. The maximum absolute atomic E-state index is 7.84. The average molecular weight is 258 g/mol. The number of hydrogen-bond donors (Lipinski definition) is 2. The van der Waals surface area contributed by atoms with Crippen LogP contribution in [0, 0.1) is 5.41 Å². The Morgan fingerprint density at radius 1 is 1.47 bits per heavy atom. The first-order chi connectivity index (χ1) is 9.20. The van der Waals surface area contributed by atoms with E-state index < -0.39 is 0 Å². The predicted molar refractivity (Wildman–Crippen MR) is 77.9 cm³/mol. The first-order valence-electron chi connectivity index (χ1n) is 7.34. The van der Waals surface area contributed by atoms with E-state index in [9.17, 15) is 0 Å². The van der Waals surface area contributed by atoms with Gasteiger partial charge in [-0.25, -0.2) is 4.98 Å². The lowest BCUT2D eigenvalue weighted by atomic mass is 10.1. The van der Waals surface area contributed by atoms with Crippen LogP contribution in [0.1, 0.15) is 49.4 Å². The van der Waals surface area contributed by atoms with E-state index in [2.05, 4.69) is 17.9 Å². The standard InChI is InChI=1S/C15H22N4/c1-2-8-19(11-6-7-11)15-12(14(16)17)9-10-4-3-5-13(10)18-15/h9,11H,2-8H2,1H3,(H3,16,17). The second-order valence-electron chi connectivity index (χ2n) is 5.66. The van der Waals surface area contributed by atoms with Gasteiger partial charge in [-0.05, 0) is 50.2 Å². The van der Waals surface area contributed by atoms with Crippen LogP contribution in [0.3, 0.4) is 0 Å². The number of nitrogens with two attached hydrogens (primary N) is 1. The Morgan fingerprint density at radius 3 is 2.89 bits per heavy atom. The summed E-state index contributed by atoms with van der Waals surface area (Å²) < 4.78 is 0. The minimum absolute atomic E-state index is 0.152. The van der Waals surface area contributed by atoms with Crippen molar-refractivity contribution >= 4 is 11.7 Å². The smallest absolute Gasteiger partial charge is 0.140 e. The Morgan fingerprint density at radius 2 is 2.26 bits per heavy atom. The Labute approximate surface area is 114 Å². The van der Waals surface area contributed by atoms with Gasteiger partial charge >= 0.3 is 0 Å². The molecule has 2 aliphatic rings. The van der Waals surface area contributed by atoms with Crippen molar-refractivity contribution in [2.75, 3.05) is 11.4 Å². The van der Waals surface area contributed by atoms with Crippen molar-refractivity contribution in [2.24, 2.45) is 5.73 Å². The minimum Gasteiger partial charge on any atom is -0.384 e. The third-order valence-corrected chi connectivity index (χ3v) is 4.05. The summed E-state index contributed by atoms with van der Waals surface area (Å²) in [4.78, 5) is 7.23. The highest BCUT2D eigenvalue weighted by Gasteiger charge is 2.32. The number of nitrogen functional groups attached to an aromatic ring is 1. The monoisotopic (exact) mass is 258 g/mol. The zero-order valence-electron chi connectivity index (χ0n) is 11.6. The first-order valence-corrected chi connectivity index (χ1v) is 7.34. The molecule has 0 aliphatic heterocycles. The third kappa shape index (κ3) is 2.31. The molecule has 102 valence electrons. The van der Waals surface area contributed by atoms with Crippen LogP contribution in [0.5, 0.6) is 0 Å². The van der Waals surface area contributed by atoms with E-state index >= 15 is 0 Å². The number of nitrogens with one attached hydrogen (secondary N) is 1. The number of anilines is 1. The van der Waals surface area contributed by atoms with Crippen LogP contribution < -0.4 is 10.6 Å². The van der Waals surface area contributed by atoms with Crippen molar-refractivity contribution in [3.63, 3.8) is 0 Å². The Hall–Kier alpha value is -1.58. The van der Waals surface area contributed by atoms with Gasteiger partial charge in [0, 0.05) is 18.3 Å². The van der Waals surface area contributed by atoms with Crippen LogP contribution >= 0.6 is 0 Å². The van der Waals surface area contributed by atoms with E-state index in [1.807, 2.05) is 0 Å². The fraction of sp³-hybridized carbons (Fsp3) is 0.600. The highest BCUT2D eigenvalue weighted by Crippen LogP contribution is 2.34. The third-order valence-electron chi connectivity index (χ3n) is 4.05. The maximum atomic E-state index is 7.84. The van der Waals surface area contributed by atoms with Crippen molar-refractivity contribution < 1.29 is 0 Å². The van der Waals surface area contributed by atoms with Crippen LogP contribution in [0.25, 0.3) is 0 Å². The zero-order chi connectivity index (χ0) is 13.4. The van der Waals surface area contributed by atoms with E-state index in [4.69, 9.17) is 16.1 Å². The summed E-state index contributed by atoms with van der Waals surface area (Å²) in [7, 11) is 0. The summed E-state index contributed by atoms with van der Waals surface area (Å²) in [5.41, 5.74) is 9.13. The topological polar surface area (TPSA) is 66.0 Å². The van der Waals surface area contributed by atoms with E-state index in [0.717, 1.165) is 37.2 Å². The molecular formula is C15H22N4. The number of hydrogen-bond acceptors (Lipinski definition) is 3. The molecule has 0 aromatic carbocycles. The quantitative estimate of drug-likeness (QED) is 0.628. The number of pyridine rings is 1. The summed E-state index contributed by atoms with van der Waals surface area (Å²) in [6, 6.07) is 2.72. The highest BCUT2D eigenvalue weighted by atomic mass is 15.2. The lowest BCUT2D eigenvalue weighted by Gasteiger charge is -2.26. The van der Waals surface area contributed by atoms with Crippen molar-refractivity contribution in [1.82, 2.24) is 4.98 Å². The van der Waals surface area contributed by atoms with Crippen LogP contribution in [0.4, 0.5) is 5.82 Å². The van der Waals surface area contributed by atoms with Gasteiger partial charge in [0.15, 0.2) is 0 Å². The molecule has 4 heteroatoms. The Balaban J connectivity index is 2.04. The summed E-state index contributed by atoms with van der Waals surface area (Å²) in [5, 5.41) is 7.84. The van der Waals surface area contributed by atoms with Crippen LogP contribution in [0.2, 0.25) is 0 Å². The van der Waals surface area contributed by atoms with Crippen molar-refractivity contribution in [1.29, 1.82) is 5.41 Å². The van der Waals surface area contributed by atoms with Crippen molar-refractivity contribution in [3.8, 4) is 0 Å². The molecule has 1 aromatic heterocycles. The van der Waals surface area contributed by atoms with Crippen molar-refractivity contribution in [3.05, 3.63) is 22.9 Å². The number of aromatic nitrogens is 1. The fourth-order valence-electron chi connectivity index (χ4n) is 2.97. The normalized spacial score (nSPS) is 17.3. The van der Waals surface area contributed by atoms with Gasteiger partial charge < -0.3 is 10.6 Å². The molecule has 1 fully saturated rings. The summed E-state index contributed by atoms with van der Waals surface area (Å²) in [6.07, 6.45) is 6.93.